The van der Waals surface area contributed by atoms with Crippen LogP contribution in [0.1, 0.15) is 5.69 Å². The van der Waals surface area contributed by atoms with E-state index < -0.39 is 0 Å². The molecule has 0 unspecified atom stereocenters. The van der Waals surface area contributed by atoms with Gasteiger partial charge in [-0.25, -0.2) is 4.52 Å². The minimum Gasteiger partial charge on any atom is -0.225 e. The van der Waals surface area contributed by atoms with Crippen molar-refractivity contribution in [3.63, 3.8) is 0 Å². The molecular formula is C14H9Br3N2. The highest BCUT2D eigenvalue weighted by Gasteiger charge is 2.17. The van der Waals surface area contributed by atoms with Gasteiger partial charge >= 0.3 is 0 Å². The van der Waals surface area contributed by atoms with Crippen molar-refractivity contribution in [2.75, 3.05) is 0 Å². The second-order valence-electron chi connectivity index (χ2n) is 4.22. The summed E-state index contributed by atoms with van der Waals surface area (Å²) in [5.74, 6) is 0. The summed E-state index contributed by atoms with van der Waals surface area (Å²) in [7, 11) is 0. The molecule has 0 atom stereocenters. The van der Waals surface area contributed by atoms with Gasteiger partial charge in [0.2, 0.25) is 0 Å². The highest BCUT2D eigenvalue weighted by molar-refractivity contribution is 9.11. The third-order valence-corrected chi connectivity index (χ3v) is 5.11. The molecule has 19 heavy (non-hydrogen) atoms. The molecule has 2 heterocycles. The second kappa shape index (κ2) is 5.04. The molecule has 0 aliphatic carbocycles. The van der Waals surface area contributed by atoms with Gasteiger partial charge in [-0.1, -0.05) is 30.3 Å². The fourth-order valence-electron chi connectivity index (χ4n) is 2.11. The van der Waals surface area contributed by atoms with Gasteiger partial charge in [-0.2, -0.15) is 5.10 Å². The fourth-order valence-corrected chi connectivity index (χ4v) is 3.98. The number of hydrogen-bond donors (Lipinski definition) is 0. The molecule has 2 nitrogen and oxygen atoms in total. The number of hydrogen-bond acceptors (Lipinski definition) is 1. The Hall–Kier alpha value is -0.650. The van der Waals surface area contributed by atoms with Gasteiger partial charge in [-0.3, -0.25) is 0 Å². The SMILES string of the molecule is Cc1nn2c(Br)cc(Br)c2c(-c2ccccc2)c1Br. The number of rotatable bonds is 1. The van der Waals surface area contributed by atoms with Crippen LogP contribution in [-0.2, 0) is 0 Å². The molecule has 0 N–H and O–H groups in total. The monoisotopic (exact) mass is 442 g/mol. The summed E-state index contributed by atoms with van der Waals surface area (Å²) in [5, 5.41) is 4.57. The summed E-state index contributed by atoms with van der Waals surface area (Å²) in [6, 6.07) is 12.3. The Morgan fingerprint density at radius 1 is 1.05 bits per heavy atom. The predicted molar refractivity (Wildman–Crippen MR) is 88.5 cm³/mol. The van der Waals surface area contributed by atoms with Crippen molar-refractivity contribution in [1.82, 2.24) is 9.61 Å². The summed E-state index contributed by atoms with van der Waals surface area (Å²) in [6.07, 6.45) is 0. The van der Waals surface area contributed by atoms with Gasteiger partial charge in [0, 0.05) is 10.0 Å². The third kappa shape index (κ3) is 2.18. The first-order valence-electron chi connectivity index (χ1n) is 5.68. The lowest BCUT2D eigenvalue weighted by molar-refractivity contribution is 0.882. The van der Waals surface area contributed by atoms with Gasteiger partial charge < -0.3 is 0 Å². The van der Waals surface area contributed by atoms with Crippen molar-refractivity contribution in [3.05, 3.63) is 55.6 Å². The first-order valence-corrected chi connectivity index (χ1v) is 8.05. The maximum absolute atomic E-state index is 4.57. The zero-order valence-corrected chi connectivity index (χ0v) is 14.8. The molecule has 0 saturated carbocycles. The van der Waals surface area contributed by atoms with Crippen LogP contribution in [0, 0.1) is 6.92 Å². The first-order chi connectivity index (χ1) is 9.09. The minimum atomic E-state index is 0.933. The van der Waals surface area contributed by atoms with Gasteiger partial charge in [-0.15, -0.1) is 0 Å². The zero-order chi connectivity index (χ0) is 13.6. The Labute approximate surface area is 136 Å². The topological polar surface area (TPSA) is 17.3 Å². The standard InChI is InChI=1S/C14H9Br3N2/c1-8-13(17)12(9-5-3-2-4-6-9)14-10(15)7-11(16)19(14)18-8/h2-7H,1H3. The lowest BCUT2D eigenvalue weighted by atomic mass is 10.1. The normalized spacial score (nSPS) is 11.2. The fraction of sp³-hybridized carbons (Fsp3) is 0.0714. The van der Waals surface area contributed by atoms with E-state index in [4.69, 9.17) is 0 Å². The number of nitrogens with zero attached hydrogens (tertiary/aromatic N) is 2. The maximum Gasteiger partial charge on any atom is 0.109 e. The van der Waals surface area contributed by atoms with E-state index >= 15 is 0 Å². The molecule has 0 aliphatic heterocycles. The lowest BCUT2D eigenvalue weighted by Gasteiger charge is -2.11. The smallest absolute Gasteiger partial charge is 0.109 e. The van der Waals surface area contributed by atoms with Crippen LogP contribution in [-0.4, -0.2) is 9.61 Å². The Kier molecular flexibility index (Phi) is 3.53. The molecule has 2 aromatic heterocycles. The molecule has 3 aromatic rings. The number of halogens is 3. The Balaban J connectivity index is 2.49. The minimum absolute atomic E-state index is 0.933. The Bertz CT molecular complexity index is 763. The van der Waals surface area contributed by atoms with Gasteiger partial charge in [0.25, 0.3) is 0 Å². The number of aromatic nitrogens is 2. The van der Waals surface area contributed by atoms with Gasteiger partial charge in [0.05, 0.1) is 15.7 Å². The van der Waals surface area contributed by atoms with E-state index in [0.717, 1.165) is 35.9 Å². The molecule has 96 valence electrons. The van der Waals surface area contributed by atoms with Gasteiger partial charge in [0.1, 0.15) is 4.60 Å². The largest absolute Gasteiger partial charge is 0.225 e. The molecule has 0 amide bonds. The van der Waals surface area contributed by atoms with E-state index in [1.165, 1.54) is 0 Å². The van der Waals surface area contributed by atoms with Crippen LogP contribution in [0.25, 0.3) is 16.6 Å². The van der Waals surface area contributed by atoms with Crippen molar-refractivity contribution in [2.24, 2.45) is 0 Å². The zero-order valence-electron chi connectivity index (χ0n) is 9.99. The Morgan fingerprint density at radius 3 is 2.42 bits per heavy atom. The molecule has 0 saturated heterocycles. The van der Waals surface area contributed by atoms with Crippen LogP contribution in [0.4, 0.5) is 0 Å². The van der Waals surface area contributed by atoms with Crippen molar-refractivity contribution >= 4 is 53.3 Å². The average molecular weight is 445 g/mol. The molecule has 5 heteroatoms. The van der Waals surface area contributed by atoms with Crippen LogP contribution in [0.2, 0.25) is 0 Å². The summed E-state index contributed by atoms with van der Waals surface area (Å²) in [5.41, 5.74) is 4.31. The Morgan fingerprint density at radius 2 is 1.74 bits per heavy atom. The molecule has 3 rings (SSSR count). The maximum atomic E-state index is 4.57. The molecule has 0 fully saturated rings. The van der Waals surface area contributed by atoms with Crippen LogP contribution in [0.3, 0.4) is 0 Å². The van der Waals surface area contributed by atoms with Gasteiger partial charge in [-0.05, 0) is 66.3 Å². The molecule has 0 aliphatic rings. The summed E-state index contributed by atoms with van der Waals surface area (Å²) < 4.78 is 4.89. The van der Waals surface area contributed by atoms with Crippen LogP contribution >= 0.6 is 47.8 Å². The van der Waals surface area contributed by atoms with Crippen LogP contribution in [0.5, 0.6) is 0 Å². The summed E-state index contributed by atoms with van der Waals surface area (Å²) >= 11 is 10.8. The predicted octanol–water partition coefficient (Wildman–Crippen LogP) is 5.60. The average Bonchev–Trinajstić information content (AvgIpc) is 2.67. The van der Waals surface area contributed by atoms with E-state index in [2.05, 4.69) is 65.0 Å². The van der Waals surface area contributed by atoms with E-state index in [9.17, 15) is 0 Å². The summed E-state index contributed by atoms with van der Waals surface area (Å²) in [4.78, 5) is 0. The van der Waals surface area contributed by atoms with E-state index in [1.54, 1.807) is 0 Å². The molecule has 0 radical (unpaired) electrons. The van der Waals surface area contributed by atoms with E-state index in [1.807, 2.05) is 35.7 Å². The molecule has 1 aromatic carbocycles. The number of fused-ring (bicyclic) bond motifs is 1. The van der Waals surface area contributed by atoms with Crippen molar-refractivity contribution in [2.45, 2.75) is 6.92 Å². The van der Waals surface area contributed by atoms with Crippen molar-refractivity contribution < 1.29 is 0 Å². The lowest BCUT2D eigenvalue weighted by Crippen LogP contribution is -1.99. The van der Waals surface area contributed by atoms with E-state index in [-0.39, 0.29) is 0 Å². The van der Waals surface area contributed by atoms with Crippen molar-refractivity contribution in [3.8, 4) is 11.1 Å². The number of benzene rings is 1. The second-order valence-corrected chi connectivity index (χ2v) is 6.68. The van der Waals surface area contributed by atoms with Crippen LogP contribution < -0.4 is 0 Å². The quantitative estimate of drug-likeness (QED) is 0.477. The molecule has 0 bridgehead atoms. The van der Waals surface area contributed by atoms with Gasteiger partial charge in [0.15, 0.2) is 0 Å². The van der Waals surface area contributed by atoms with E-state index in [0.29, 0.717) is 0 Å². The highest BCUT2D eigenvalue weighted by Crippen LogP contribution is 2.39. The first kappa shape index (κ1) is 13.3. The van der Waals surface area contributed by atoms with Crippen LogP contribution in [0.15, 0.2) is 49.9 Å². The third-order valence-electron chi connectivity index (χ3n) is 2.97. The summed E-state index contributed by atoms with van der Waals surface area (Å²) in [6.45, 7) is 2.00. The number of aryl methyl sites for hydroxylation is 1. The highest BCUT2D eigenvalue weighted by atomic mass is 79.9. The molecule has 0 spiro atoms. The molecular weight excluding hydrogens is 436 g/mol. The van der Waals surface area contributed by atoms with Crippen molar-refractivity contribution in [1.29, 1.82) is 0 Å².